The summed E-state index contributed by atoms with van der Waals surface area (Å²) in [6.07, 6.45) is 5.04. The maximum Gasteiger partial charge on any atom is 0.289 e. The summed E-state index contributed by atoms with van der Waals surface area (Å²) in [5, 5.41) is 7.66. The van der Waals surface area contributed by atoms with E-state index in [4.69, 9.17) is 0 Å². The first-order chi connectivity index (χ1) is 11.7. The van der Waals surface area contributed by atoms with Crippen LogP contribution in [0.25, 0.3) is 11.3 Å². The van der Waals surface area contributed by atoms with Crippen LogP contribution in [-0.2, 0) is 19.9 Å². The van der Waals surface area contributed by atoms with E-state index < -0.39 is 0 Å². The molecule has 6 nitrogen and oxygen atoms in total. The van der Waals surface area contributed by atoms with Crippen molar-refractivity contribution in [1.29, 1.82) is 0 Å². The quantitative estimate of drug-likeness (QED) is 0.785. The third kappa shape index (κ3) is 2.50. The predicted octanol–water partition coefficient (Wildman–Crippen LogP) is 2.05. The Bertz CT molecular complexity index is 865. The summed E-state index contributed by atoms with van der Waals surface area (Å²) >= 11 is 0. The highest BCUT2D eigenvalue weighted by atomic mass is 16.2. The molecule has 6 heteroatoms. The van der Waals surface area contributed by atoms with Crippen LogP contribution in [0.5, 0.6) is 0 Å². The summed E-state index contributed by atoms with van der Waals surface area (Å²) in [6, 6.07) is 10.2. The average Bonchev–Trinajstić information content (AvgIpc) is 3.16. The number of aromatic amines is 1. The van der Waals surface area contributed by atoms with Gasteiger partial charge in [-0.15, -0.1) is 0 Å². The molecule has 122 valence electrons. The standard InChI is InChI=1S/C18H19N5O/c1-22-12-9-19-17(22)18(24)23-10-7-14-15(8-11-23)20-21-16(14)13-5-3-2-4-6-13/h2-6,9,12H,7-8,10-11H2,1H3,(H,20,21). The number of nitrogens with one attached hydrogen (secondary N) is 1. The Morgan fingerprint density at radius 1 is 1.17 bits per heavy atom. The number of amides is 1. The van der Waals surface area contributed by atoms with Crippen LogP contribution >= 0.6 is 0 Å². The molecular formula is C18H19N5O. The van der Waals surface area contributed by atoms with E-state index in [-0.39, 0.29) is 5.91 Å². The van der Waals surface area contributed by atoms with Crippen molar-refractivity contribution in [3.63, 3.8) is 0 Å². The van der Waals surface area contributed by atoms with Gasteiger partial charge in [0, 0.05) is 55.8 Å². The van der Waals surface area contributed by atoms with E-state index in [1.807, 2.05) is 30.1 Å². The van der Waals surface area contributed by atoms with E-state index in [0.717, 1.165) is 29.8 Å². The minimum Gasteiger partial charge on any atom is -0.335 e. The zero-order valence-electron chi connectivity index (χ0n) is 13.6. The third-order valence-electron chi connectivity index (χ3n) is 4.56. The predicted molar refractivity (Wildman–Crippen MR) is 90.5 cm³/mol. The molecule has 0 radical (unpaired) electrons. The van der Waals surface area contributed by atoms with Gasteiger partial charge in [-0.05, 0) is 6.42 Å². The molecule has 1 aromatic carbocycles. The van der Waals surface area contributed by atoms with Crippen molar-refractivity contribution in [2.45, 2.75) is 12.8 Å². The lowest BCUT2D eigenvalue weighted by Crippen LogP contribution is -2.35. The van der Waals surface area contributed by atoms with Crippen molar-refractivity contribution >= 4 is 5.91 Å². The van der Waals surface area contributed by atoms with E-state index in [0.29, 0.717) is 18.9 Å². The summed E-state index contributed by atoms with van der Waals surface area (Å²) in [6.45, 7) is 1.35. The number of nitrogens with zero attached hydrogens (tertiary/aromatic N) is 4. The summed E-state index contributed by atoms with van der Waals surface area (Å²) < 4.78 is 1.77. The highest BCUT2D eigenvalue weighted by molar-refractivity contribution is 5.91. The molecule has 0 saturated heterocycles. The van der Waals surface area contributed by atoms with Gasteiger partial charge in [0.05, 0.1) is 5.69 Å². The molecule has 1 aliphatic heterocycles. The highest BCUT2D eigenvalue weighted by Gasteiger charge is 2.25. The monoisotopic (exact) mass is 321 g/mol. The van der Waals surface area contributed by atoms with Gasteiger partial charge >= 0.3 is 0 Å². The molecule has 0 bridgehead atoms. The van der Waals surface area contributed by atoms with Crippen LogP contribution in [0.3, 0.4) is 0 Å². The molecule has 4 rings (SSSR count). The van der Waals surface area contributed by atoms with Crippen molar-refractivity contribution < 1.29 is 4.79 Å². The summed E-state index contributed by atoms with van der Waals surface area (Å²) in [5.41, 5.74) is 4.45. The Kier molecular flexibility index (Phi) is 3.65. The van der Waals surface area contributed by atoms with E-state index in [1.165, 1.54) is 5.56 Å². The number of aryl methyl sites for hydroxylation is 1. The Labute approximate surface area is 140 Å². The lowest BCUT2D eigenvalue weighted by molar-refractivity contribution is 0.0747. The Hall–Kier alpha value is -2.89. The van der Waals surface area contributed by atoms with Crippen LogP contribution in [0, 0.1) is 0 Å². The average molecular weight is 321 g/mol. The van der Waals surface area contributed by atoms with Crippen molar-refractivity contribution in [2.24, 2.45) is 7.05 Å². The summed E-state index contributed by atoms with van der Waals surface area (Å²) in [4.78, 5) is 18.7. The second-order valence-corrected chi connectivity index (χ2v) is 6.05. The first-order valence-electron chi connectivity index (χ1n) is 8.12. The third-order valence-corrected chi connectivity index (χ3v) is 4.56. The molecule has 0 fully saturated rings. The molecule has 3 heterocycles. The SMILES string of the molecule is Cn1ccnc1C(=O)N1CCc2[nH]nc(-c3ccccc3)c2CC1. The second kappa shape index (κ2) is 5.96. The maximum absolute atomic E-state index is 12.7. The Balaban J connectivity index is 1.58. The molecule has 1 amide bonds. The molecule has 0 aliphatic carbocycles. The van der Waals surface area contributed by atoms with Crippen LogP contribution in [0.2, 0.25) is 0 Å². The lowest BCUT2D eigenvalue weighted by atomic mass is 10.0. The van der Waals surface area contributed by atoms with Gasteiger partial charge in [-0.3, -0.25) is 9.89 Å². The number of hydrogen-bond acceptors (Lipinski definition) is 3. The number of rotatable bonds is 2. The largest absolute Gasteiger partial charge is 0.335 e. The normalized spacial score (nSPS) is 14.3. The molecule has 1 aliphatic rings. The number of imidazole rings is 1. The lowest BCUT2D eigenvalue weighted by Gasteiger charge is -2.19. The molecule has 0 unspecified atom stereocenters. The number of carbonyl (C=O) groups excluding carboxylic acids is 1. The number of hydrogen-bond donors (Lipinski definition) is 1. The maximum atomic E-state index is 12.7. The van der Waals surface area contributed by atoms with Crippen LogP contribution in [0.4, 0.5) is 0 Å². The van der Waals surface area contributed by atoms with E-state index in [1.54, 1.807) is 17.0 Å². The van der Waals surface area contributed by atoms with Crippen molar-refractivity contribution in [3.8, 4) is 11.3 Å². The van der Waals surface area contributed by atoms with Crippen LogP contribution in [-0.4, -0.2) is 43.6 Å². The van der Waals surface area contributed by atoms with Crippen molar-refractivity contribution in [1.82, 2.24) is 24.6 Å². The first-order valence-corrected chi connectivity index (χ1v) is 8.12. The molecule has 0 atom stereocenters. The second-order valence-electron chi connectivity index (χ2n) is 6.05. The topological polar surface area (TPSA) is 66.8 Å². The van der Waals surface area contributed by atoms with E-state index in [2.05, 4.69) is 27.3 Å². The number of aromatic nitrogens is 4. The van der Waals surface area contributed by atoms with Gasteiger partial charge in [-0.2, -0.15) is 5.10 Å². The van der Waals surface area contributed by atoms with Gasteiger partial charge in [0.2, 0.25) is 0 Å². The zero-order valence-corrected chi connectivity index (χ0v) is 13.6. The molecule has 3 aromatic rings. The first kappa shape index (κ1) is 14.7. The van der Waals surface area contributed by atoms with Crippen molar-refractivity contribution in [2.75, 3.05) is 13.1 Å². The Morgan fingerprint density at radius 2 is 1.96 bits per heavy atom. The van der Waals surface area contributed by atoms with Crippen LogP contribution in [0.15, 0.2) is 42.7 Å². The molecule has 0 spiro atoms. The van der Waals surface area contributed by atoms with E-state index >= 15 is 0 Å². The van der Waals surface area contributed by atoms with Gasteiger partial charge in [-0.1, -0.05) is 30.3 Å². The minimum atomic E-state index is -0.0122. The smallest absolute Gasteiger partial charge is 0.289 e. The molecule has 0 saturated carbocycles. The van der Waals surface area contributed by atoms with Crippen LogP contribution in [0.1, 0.15) is 21.9 Å². The van der Waals surface area contributed by atoms with Crippen molar-refractivity contribution in [3.05, 3.63) is 59.8 Å². The van der Waals surface area contributed by atoms with Gasteiger partial charge in [0.1, 0.15) is 0 Å². The van der Waals surface area contributed by atoms with Gasteiger partial charge in [-0.25, -0.2) is 4.98 Å². The highest BCUT2D eigenvalue weighted by Crippen LogP contribution is 2.26. The summed E-state index contributed by atoms with van der Waals surface area (Å²) in [5.74, 6) is 0.476. The van der Waals surface area contributed by atoms with Gasteiger partial charge in [0.15, 0.2) is 5.82 Å². The fraction of sp³-hybridized carbons (Fsp3) is 0.278. The van der Waals surface area contributed by atoms with Gasteiger partial charge in [0.25, 0.3) is 5.91 Å². The number of fused-ring (bicyclic) bond motifs is 1. The number of carbonyl (C=O) groups is 1. The molecular weight excluding hydrogens is 302 g/mol. The number of benzene rings is 1. The van der Waals surface area contributed by atoms with Crippen LogP contribution < -0.4 is 0 Å². The summed E-state index contributed by atoms with van der Waals surface area (Å²) in [7, 11) is 1.85. The molecule has 2 aromatic heterocycles. The Morgan fingerprint density at radius 3 is 2.71 bits per heavy atom. The fourth-order valence-electron chi connectivity index (χ4n) is 3.23. The zero-order chi connectivity index (χ0) is 16.5. The minimum absolute atomic E-state index is 0.0122. The molecule has 1 N–H and O–H groups in total. The molecule has 24 heavy (non-hydrogen) atoms. The fourth-order valence-corrected chi connectivity index (χ4v) is 3.23. The van der Waals surface area contributed by atoms with E-state index in [9.17, 15) is 4.79 Å². The number of H-pyrrole nitrogens is 1. The van der Waals surface area contributed by atoms with Gasteiger partial charge < -0.3 is 9.47 Å².